The fourth-order valence-corrected chi connectivity index (χ4v) is 6.45. The van der Waals surface area contributed by atoms with Gasteiger partial charge in [-0.3, -0.25) is 14.5 Å². The van der Waals surface area contributed by atoms with Gasteiger partial charge in [0.2, 0.25) is 5.91 Å². The van der Waals surface area contributed by atoms with E-state index in [1.54, 1.807) is 11.3 Å². The molecule has 0 atom stereocenters. The van der Waals surface area contributed by atoms with Gasteiger partial charge >= 0.3 is 0 Å². The summed E-state index contributed by atoms with van der Waals surface area (Å²) in [6.45, 7) is 4.20. The summed E-state index contributed by atoms with van der Waals surface area (Å²) in [5, 5.41) is 0.836. The summed E-state index contributed by atoms with van der Waals surface area (Å²) < 4.78 is 0. The van der Waals surface area contributed by atoms with E-state index in [0.717, 1.165) is 67.9 Å². The number of nitrogens with zero attached hydrogens (tertiary/aromatic N) is 3. The topological polar surface area (TPSA) is 69.3 Å². The number of aromatic amines is 1. The minimum absolute atomic E-state index is 0.0352. The summed E-state index contributed by atoms with van der Waals surface area (Å²) in [4.78, 5) is 40.0. The Labute approximate surface area is 175 Å². The van der Waals surface area contributed by atoms with Gasteiger partial charge in [-0.2, -0.15) is 0 Å². The molecular weight excluding hydrogens is 384 g/mol. The van der Waals surface area contributed by atoms with E-state index in [1.165, 1.54) is 42.5 Å². The molecule has 156 valence electrons. The molecule has 6 nitrogen and oxygen atoms in total. The van der Waals surface area contributed by atoms with E-state index in [0.29, 0.717) is 6.54 Å². The summed E-state index contributed by atoms with van der Waals surface area (Å²) in [5.74, 6) is 1.32. The van der Waals surface area contributed by atoms with Gasteiger partial charge in [0.15, 0.2) is 0 Å². The number of nitrogens with one attached hydrogen (secondary N) is 1. The van der Waals surface area contributed by atoms with E-state index in [2.05, 4.69) is 9.88 Å². The van der Waals surface area contributed by atoms with Gasteiger partial charge in [0, 0.05) is 23.9 Å². The lowest BCUT2D eigenvalue weighted by Gasteiger charge is -2.34. The first-order chi connectivity index (χ1) is 14.2. The number of aromatic nitrogens is 2. The van der Waals surface area contributed by atoms with E-state index in [1.807, 2.05) is 4.90 Å². The number of carbonyl (C=O) groups is 1. The molecule has 2 aromatic rings. The average molecular weight is 415 g/mol. The van der Waals surface area contributed by atoms with Gasteiger partial charge in [-0.25, -0.2) is 4.98 Å². The van der Waals surface area contributed by atoms with E-state index in [9.17, 15) is 9.59 Å². The second-order valence-electron chi connectivity index (χ2n) is 8.83. The highest BCUT2D eigenvalue weighted by Gasteiger charge is 2.28. The summed E-state index contributed by atoms with van der Waals surface area (Å²) in [5.41, 5.74) is 1.28. The Morgan fingerprint density at radius 3 is 2.59 bits per heavy atom. The zero-order valence-corrected chi connectivity index (χ0v) is 17.9. The molecule has 5 rings (SSSR count). The number of hydrogen-bond donors (Lipinski definition) is 1. The maximum absolute atomic E-state index is 12.8. The molecule has 0 radical (unpaired) electrons. The minimum atomic E-state index is 0.0352. The van der Waals surface area contributed by atoms with Crippen molar-refractivity contribution in [2.75, 3.05) is 32.7 Å². The van der Waals surface area contributed by atoms with Crippen LogP contribution in [-0.2, 0) is 17.6 Å². The smallest absolute Gasteiger partial charge is 0.259 e. The predicted octanol–water partition coefficient (Wildman–Crippen LogP) is 3.06. The molecule has 3 aliphatic rings. The number of amides is 1. The molecule has 0 spiro atoms. The van der Waals surface area contributed by atoms with Crippen molar-refractivity contribution >= 4 is 27.5 Å². The maximum Gasteiger partial charge on any atom is 0.259 e. The first-order valence-electron chi connectivity index (χ1n) is 11.2. The standard InChI is InChI=1S/C22H30N4O2S/c27-18(14-25-10-4-1-5-11-25)26-12-8-15(9-13-26)20-23-21(28)19-16-6-2-3-7-17(16)29-22(19)24-20/h15H,1-14H2,(H,23,24,28). The number of likely N-dealkylation sites (tertiary alicyclic amines) is 2. The Morgan fingerprint density at radius 1 is 1.03 bits per heavy atom. The highest BCUT2D eigenvalue weighted by Crippen LogP contribution is 2.34. The van der Waals surface area contributed by atoms with Crippen LogP contribution in [0.4, 0.5) is 0 Å². The second-order valence-corrected chi connectivity index (χ2v) is 9.92. The molecule has 7 heteroatoms. The highest BCUT2D eigenvalue weighted by atomic mass is 32.1. The largest absolute Gasteiger partial charge is 0.342 e. The normalized spacial score (nSPS) is 21.4. The Bertz CT molecular complexity index is 952. The second kappa shape index (κ2) is 8.19. The molecule has 0 unspecified atom stereocenters. The van der Waals surface area contributed by atoms with Crippen LogP contribution in [0.25, 0.3) is 10.2 Å². The number of hydrogen-bond acceptors (Lipinski definition) is 5. The van der Waals surface area contributed by atoms with Crippen LogP contribution >= 0.6 is 11.3 Å². The van der Waals surface area contributed by atoms with E-state index < -0.39 is 0 Å². The van der Waals surface area contributed by atoms with Crippen molar-refractivity contribution in [2.24, 2.45) is 0 Å². The Balaban J connectivity index is 1.26. The summed E-state index contributed by atoms with van der Waals surface area (Å²) >= 11 is 1.72. The fraction of sp³-hybridized carbons (Fsp3) is 0.682. The number of H-pyrrole nitrogens is 1. The number of piperidine rings is 2. The van der Waals surface area contributed by atoms with Crippen LogP contribution in [0.5, 0.6) is 0 Å². The molecule has 2 aliphatic heterocycles. The van der Waals surface area contributed by atoms with Gasteiger partial charge in [0.1, 0.15) is 10.7 Å². The summed E-state index contributed by atoms with van der Waals surface area (Å²) in [7, 11) is 0. The van der Waals surface area contributed by atoms with E-state index >= 15 is 0 Å². The zero-order valence-electron chi connectivity index (χ0n) is 17.0. The number of thiophene rings is 1. The molecule has 1 N–H and O–H groups in total. The van der Waals surface area contributed by atoms with Gasteiger partial charge in [-0.15, -0.1) is 11.3 Å². The van der Waals surface area contributed by atoms with Crippen LogP contribution in [-0.4, -0.2) is 58.4 Å². The predicted molar refractivity (Wildman–Crippen MR) is 116 cm³/mol. The molecule has 2 saturated heterocycles. The Kier molecular flexibility index (Phi) is 5.43. The number of carbonyl (C=O) groups excluding carboxylic acids is 1. The van der Waals surface area contributed by atoms with Crippen molar-refractivity contribution in [1.29, 1.82) is 0 Å². The zero-order chi connectivity index (χ0) is 19.8. The molecule has 1 aliphatic carbocycles. The van der Waals surface area contributed by atoms with Crippen molar-refractivity contribution < 1.29 is 4.79 Å². The van der Waals surface area contributed by atoms with Crippen LogP contribution in [0.3, 0.4) is 0 Å². The van der Waals surface area contributed by atoms with Crippen molar-refractivity contribution in [3.63, 3.8) is 0 Å². The first-order valence-corrected chi connectivity index (χ1v) is 12.1. The Hall–Kier alpha value is -1.73. The van der Waals surface area contributed by atoms with Crippen molar-refractivity contribution in [3.05, 3.63) is 26.6 Å². The van der Waals surface area contributed by atoms with Gasteiger partial charge in [0.05, 0.1) is 11.9 Å². The third-order valence-corrected chi connectivity index (χ3v) is 8.07. The molecule has 1 amide bonds. The number of rotatable bonds is 3. The fourth-order valence-electron chi connectivity index (χ4n) is 5.19. The van der Waals surface area contributed by atoms with Crippen LogP contribution in [0.2, 0.25) is 0 Å². The van der Waals surface area contributed by atoms with Crippen LogP contribution in [0, 0.1) is 0 Å². The van der Waals surface area contributed by atoms with Gasteiger partial charge < -0.3 is 9.88 Å². The van der Waals surface area contributed by atoms with Crippen LogP contribution in [0.1, 0.15) is 67.1 Å². The van der Waals surface area contributed by atoms with Gasteiger partial charge in [-0.1, -0.05) is 6.42 Å². The molecule has 0 bridgehead atoms. The van der Waals surface area contributed by atoms with Crippen molar-refractivity contribution in [2.45, 2.75) is 63.7 Å². The molecule has 29 heavy (non-hydrogen) atoms. The van der Waals surface area contributed by atoms with Crippen LogP contribution < -0.4 is 5.56 Å². The summed E-state index contributed by atoms with van der Waals surface area (Å²) in [6.07, 6.45) is 9.96. The van der Waals surface area contributed by atoms with E-state index in [-0.39, 0.29) is 17.4 Å². The maximum atomic E-state index is 12.8. The molecular formula is C22H30N4O2S. The van der Waals surface area contributed by atoms with E-state index in [4.69, 9.17) is 4.98 Å². The third kappa shape index (κ3) is 3.87. The molecule has 0 aromatic carbocycles. The lowest BCUT2D eigenvalue weighted by atomic mass is 9.95. The van der Waals surface area contributed by atoms with Crippen molar-refractivity contribution in [1.82, 2.24) is 19.8 Å². The van der Waals surface area contributed by atoms with Crippen molar-refractivity contribution in [3.8, 4) is 0 Å². The van der Waals surface area contributed by atoms with Crippen LogP contribution in [0.15, 0.2) is 4.79 Å². The molecule has 2 aromatic heterocycles. The molecule has 2 fully saturated rings. The monoisotopic (exact) mass is 414 g/mol. The SMILES string of the molecule is O=C(CN1CCCCC1)N1CCC(c2nc3sc4c(c3c(=O)[nH]2)CCCC4)CC1. The average Bonchev–Trinajstić information content (AvgIpc) is 3.13. The number of fused-ring (bicyclic) bond motifs is 3. The molecule has 0 saturated carbocycles. The lowest BCUT2D eigenvalue weighted by Crippen LogP contribution is -2.45. The third-order valence-electron chi connectivity index (χ3n) is 6.89. The Morgan fingerprint density at radius 2 is 1.79 bits per heavy atom. The minimum Gasteiger partial charge on any atom is -0.342 e. The highest BCUT2D eigenvalue weighted by molar-refractivity contribution is 7.18. The number of aryl methyl sites for hydroxylation is 2. The quantitative estimate of drug-likeness (QED) is 0.838. The first kappa shape index (κ1) is 19.2. The molecule has 4 heterocycles. The lowest BCUT2D eigenvalue weighted by molar-refractivity contribution is -0.133. The summed E-state index contributed by atoms with van der Waals surface area (Å²) in [6, 6.07) is 0. The van der Waals surface area contributed by atoms with Gasteiger partial charge in [-0.05, 0) is 70.0 Å². The van der Waals surface area contributed by atoms with Gasteiger partial charge in [0.25, 0.3) is 5.56 Å².